The second-order valence-electron chi connectivity index (χ2n) is 3.42. The standard InChI is InChI=1S/C11H9F3N4/c1-15-10-9(17-4-5-18-10)7-6-16-3-2-8(7)11(12,13)14/h2-6H,1H3,(H,15,18). The Morgan fingerprint density at radius 1 is 1.11 bits per heavy atom. The van der Waals surface area contributed by atoms with Crippen molar-refractivity contribution in [2.45, 2.75) is 6.18 Å². The molecule has 2 heterocycles. The maximum atomic E-state index is 12.9. The van der Waals surface area contributed by atoms with Gasteiger partial charge in [-0.05, 0) is 6.07 Å². The third-order valence-electron chi connectivity index (χ3n) is 2.32. The monoisotopic (exact) mass is 254 g/mol. The van der Waals surface area contributed by atoms with Crippen LogP contribution in [-0.4, -0.2) is 22.0 Å². The lowest BCUT2D eigenvalue weighted by molar-refractivity contribution is -0.137. The Kier molecular flexibility index (Phi) is 3.14. The maximum Gasteiger partial charge on any atom is 0.417 e. The predicted molar refractivity (Wildman–Crippen MR) is 59.8 cm³/mol. The highest BCUT2D eigenvalue weighted by atomic mass is 19.4. The minimum absolute atomic E-state index is 0.0950. The van der Waals surface area contributed by atoms with Gasteiger partial charge in [-0.15, -0.1) is 0 Å². The highest BCUT2D eigenvalue weighted by Gasteiger charge is 2.34. The fourth-order valence-electron chi connectivity index (χ4n) is 1.55. The number of nitrogens with zero attached hydrogens (tertiary/aromatic N) is 3. The molecule has 7 heteroatoms. The number of alkyl halides is 3. The summed E-state index contributed by atoms with van der Waals surface area (Å²) in [6.07, 6.45) is 0.512. The van der Waals surface area contributed by atoms with Crippen molar-refractivity contribution >= 4 is 5.82 Å². The molecule has 0 saturated heterocycles. The molecule has 0 spiro atoms. The quantitative estimate of drug-likeness (QED) is 0.895. The number of hydrogen-bond donors (Lipinski definition) is 1. The summed E-state index contributed by atoms with van der Waals surface area (Å²) < 4.78 is 38.6. The molecule has 0 aliphatic carbocycles. The van der Waals surface area contributed by atoms with E-state index >= 15 is 0 Å². The molecule has 0 amide bonds. The Labute approximate surface area is 101 Å². The molecular formula is C11H9F3N4. The molecule has 2 rings (SSSR count). The molecule has 0 unspecified atom stereocenters. The Hall–Kier alpha value is -2.18. The summed E-state index contributed by atoms with van der Waals surface area (Å²) in [5.74, 6) is 0.274. The highest BCUT2D eigenvalue weighted by Crippen LogP contribution is 2.37. The Morgan fingerprint density at radius 2 is 1.83 bits per heavy atom. The van der Waals surface area contributed by atoms with Crippen LogP contribution in [0.2, 0.25) is 0 Å². The van der Waals surface area contributed by atoms with Gasteiger partial charge in [0.1, 0.15) is 5.69 Å². The largest absolute Gasteiger partial charge is 0.417 e. The highest BCUT2D eigenvalue weighted by molar-refractivity contribution is 5.73. The zero-order valence-corrected chi connectivity index (χ0v) is 9.36. The van der Waals surface area contributed by atoms with Gasteiger partial charge in [-0.1, -0.05) is 0 Å². The van der Waals surface area contributed by atoms with Crippen molar-refractivity contribution in [3.8, 4) is 11.3 Å². The fraction of sp³-hybridized carbons (Fsp3) is 0.182. The minimum atomic E-state index is -4.46. The molecule has 4 nitrogen and oxygen atoms in total. The van der Waals surface area contributed by atoms with Gasteiger partial charge in [0.2, 0.25) is 0 Å². The Balaban J connectivity index is 2.65. The van der Waals surface area contributed by atoms with E-state index in [1.165, 1.54) is 12.4 Å². The van der Waals surface area contributed by atoms with E-state index in [4.69, 9.17) is 0 Å². The van der Waals surface area contributed by atoms with Gasteiger partial charge in [-0.2, -0.15) is 13.2 Å². The third kappa shape index (κ3) is 2.24. The summed E-state index contributed by atoms with van der Waals surface area (Å²) in [7, 11) is 1.57. The summed E-state index contributed by atoms with van der Waals surface area (Å²) in [5, 5.41) is 2.70. The number of pyridine rings is 1. The van der Waals surface area contributed by atoms with E-state index in [0.717, 1.165) is 18.5 Å². The second-order valence-corrected chi connectivity index (χ2v) is 3.42. The van der Waals surface area contributed by atoms with E-state index in [1.807, 2.05) is 0 Å². The predicted octanol–water partition coefficient (Wildman–Crippen LogP) is 2.60. The van der Waals surface area contributed by atoms with Crippen LogP contribution in [0.4, 0.5) is 19.0 Å². The molecule has 0 bridgehead atoms. The maximum absolute atomic E-state index is 12.9. The van der Waals surface area contributed by atoms with E-state index < -0.39 is 11.7 Å². The second kappa shape index (κ2) is 4.59. The van der Waals surface area contributed by atoms with Gasteiger partial charge in [0.05, 0.1) is 5.56 Å². The topological polar surface area (TPSA) is 50.7 Å². The number of nitrogens with one attached hydrogen (secondary N) is 1. The zero-order chi connectivity index (χ0) is 13.2. The van der Waals surface area contributed by atoms with Crippen LogP contribution in [0.3, 0.4) is 0 Å². The summed E-state index contributed by atoms with van der Waals surface area (Å²) >= 11 is 0. The van der Waals surface area contributed by atoms with Gasteiger partial charge in [0.15, 0.2) is 5.82 Å². The molecule has 0 aliphatic heterocycles. The Morgan fingerprint density at radius 3 is 2.50 bits per heavy atom. The van der Waals surface area contributed by atoms with Gasteiger partial charge in [0.25, 0.3) is 0 Å². The summed E-state index contributed by atoms with van der Waals surface area (Å²) in [4.78, 5) is 11.6. The molecule has 0 aromatic carbocycles. The van der Waals surface area contributed by atoms with Crippen LogP contribution in [-0.2, 0) is 6.18 Å². The first-order valence-corrected chi connectivity index (χ1v) is 5.04. The van der Waals surface area contributed by atoms with Crippen molar-refractivity contribution in [2.24, 2.45) is 0 Å². The molecule has 2 aromatic heterocycles. The lowest BCUT2D eigenvalue weighted by atomic mass is 10.1. The molecule has 18 heavy (non-hydrogen) atoms. The fourth-order valence-corrected chi connectivity index (χ4v) is 1.55. The van der Waals surface area contributed by atoms with Crippen LogP contribution in [0.25, 0.3) is 11.3 Å². The molecule has 0 saturated carbocycles. The van der Waals surface area contributed by atoms with Gasteiger partial charge in [0, 0.05) is 37.4 Å². The van der Waals surface area contributed by atoms with Crippen LogP contribution in [0, 0.1) is 0 Å². The van der Waals surface area contributed by atoms with Crippen molar-refractivity contribution in [3.63, 3.8) is 0 Å². The van der Waals surface area contributed by atoms with E-state index in [-0.39, 0.29) is 17.1 Å². The summed E-state index contributed by atoms with van der Waals surface area (Å²) in [6.45, 7) is 0. The molecule has 1 N–H and O–H groups in total. The summed E-state index contributed by atoms with van der Waals surface area (Å²) in [5.41, 5.74) is -0.752. The van der Waals surface area contributed by atoms with Gasteiger partial charge in [-0.3, -0.25) is 9.97 Å². The minimum Gasteiger partial charge on any atom is -0.371 e. The van der Waals surface area contributed by atoms with Gasteiger partial charge >= 0.3 is 6.18 Å². The van der Waals surface area contributed by atoms with Gasteiger partial charge < -0.3 is 5.32 Å². The molecule has 94 valence electrons. The lowest BCUT2D eigenvalue weighted by Gasteiger charge is -2.13. The van der Waals surface area contributed by atoms with Crippen molar-refractivity contribution < 1.29 is 13.2 Å². The van der Waals surface area contributed by atoms with Crippen LogP contribution in [0.15, 0.2) is 30.9 Å². The first-order valence-electron chi connectivity index (χ1n) is 5.04. The van der Waals surface area contributed by atoms with Crippen molar-refractivity contribution in [1.82, 2.24) is 15.0 Å². The van der Waals surface area contributed by atoms with Crippen molar-refractivity contribution in [1.29, 1.82) is 0 Å². The molecule has 0 atom stereocenters. The smallest absolute Gasteiger partial charge is 0.371 e. The number of rotatable bonds is 2. The first-order chi connectivity index (χ1) is 8.54. The number of anilines is 1. The molecule has 0 aliphatic rings. The average molecular weight is 254 g/mol. The normalized spacial score (nSPS) is 11.3. The molecule has 0 radical (unpaired) electrons. The zero-order valence-electron chi connectivity index (χ0n) is 9.36. The van der Waals surface area contributed by atoms with Gasteiger partial charge in [-0.25, -0.2) is 4.98 Å². The third-order valence-corrected chi connectivity index (χ3v) is 2.32. The van der Waals surface area contributed by atoms with Crippen LogP contribution in [0.5, 0.6) is 0 Å². The van der Waals surface area contributed by atoms with E-state index in [0.29, 0.717) is 0 Å². The van der Waals surface area contributed by atoms with E-state index in [2.05, 4.69) is 20.3 Å². The molecular weight excluding hydrogens is 245 g/mol. The van der Waals surface area contributed by atoms with Crippen LogP contribution < -0.4 is 5.32 Å². The number of halogens is 3. The van der Waals surface area contributed by atoms with E-state index in [1.54, 1.807) is 7.05 Å². The molecule has 2 aromatic rings. The van der Waals surface area contributed by atoms with Crippen LogP contribution in [0.1, 0.15) is 5.56 Å². The lowest BCUT2D eigenvalue weighted by Crippen LogP contribution is -2.09. The Bertz CT molecular complexity index is 554. The summed E-state index contributed by atoms with van der Waals surface area (Å²) in [6, 6.07) is 0.920. The molecule has 0 fully saturated rings. The average Bonchev–Trinajstić information content (AvgIpc) is 2.37. The van der Waals surface area contributed by atoms with E-state index in [9.17, 15) is 13.2 Å². The SMILES string of the molecule is CNc1nccnc1-c1cnccc1C(F)(F)F. The van der Waals surface area contributed by atoms with Crippen LogP contribution >= 0.6 is 0 Å². The number of aromatic nitrogens is 3. The van der Waals surface area contributed by atoms with Crippen molar-refractivity contribution in [3.05, 3.63) is 36.4 Å². The first kappa shape index (κ1) is 12.3. The number of hydrogen-bond acceptors (Lipinski definition) is 4. The van der Waals surface area contributed by atoms with Crippen molar-refractivity contribution in [2.75, 3.05) is 12.4 Å².